The standard InChI is InChI=1S/C19H21F4N3OS/c1-18(2,3)16-25-26(10-11-5-4-6-11)17(28-16)24-15(27)13-9-12(19(21,22)23)7-8-14(13)20/h7-9,11H,4-6,10H2,1-3H3. The van der Waals surface area contributed by atoms with Crippen molar-refractivity contribution in [2.75, 3.05) is 0 Å². The second kappa shape index (κ2) is 7.42. The topological polar surface area (TPSA) is 47.2 Å². The van der Waals surface area contributed by atoms with Crippen LogP contribution in [0.1, 0.15) is 61.0 Å². The van der Waals surface area contributed by atoms with Crippen LogP contribution in [0.15, 0.2) is 23.2 Å². The highest BCUT2D eigenvalue weighted by Crippen LogP contribution is 2.31. The van der Waals surface area contributed by atoms with E-state index in [4.69, 9.17) is 0 Å². The highest BCUT2D eigenvalue weighted by Gasteiger charge is 2.32. The average Bonchev–Trinajstić information content (AvgIpc) is 2.93. The second-order valence-corrected chi connectivity index (χ2v) is 8.98. The number of amides is 1. The number of carbonyl (C=O) groups is 1. The molecule has 0 unspecified atom stereocenters. The third kappa shape index (κ3) is 4.51. The van der Waals surface area contributed by atoms with Gasteiger partial charge in [0.05, 0.1) is 11.1 Å². The zero-order chi connectivity index (χ0) is 20.7. The predicted octanol–water partition coefficient (Wildman–Crippen LogP) is 4.94. The van der Waals surface area contributed by atoms with E-state index in [1.165, 1.54) is 11.3 Å². The Kier molecular flexibility index (Phi) is 5.49. The Balaban J connectivity index is 2.02. The van der Waals surface area contributed by atoms with Gasteiger partial charge in [-0.2, -0.15) is 23.3 Å². The average molecular weight is 415 g/mol. The number of nitrogens with zero attached hydrogens (tertiary/aromatic N) is 3. The largest absolute Gasteiger partial charge is 0.416 e. The zero-order valence-corrected chi connectivity index (χ0v) is 16.6. The molecule has 28 heavy (non-hydrogen) atoms. The summed E-state index contributed by atoms with van der Waals surface area (Å²) in [6.45, 7) is 6.50. The minimum atomic E-state index is -4.67. The van der Waals surface area contributed by atoms with Crippen molar-refractivity contribution in [2.45, 2.75) is 58.2 Å². The summed E-state index contributed by atoms with van der Waals surface area (Å²) in [5.41, 5.74) is -2.06. The van der Waals surface area contributed by atoms with Crippen LogP contribution in [-0.4, -0.2) is 15.7 Å². The summed E-state index contributed by atoms with van der Waals surface area (Å²) in [7, 11) is 0. The molecule has 4 nitrogen and oxygen atoms in total. The van der Waals surface area contributed by atoms with Crippen molar-refractivity contribution in [1.29, 1.82) is 0 Å². The molecule has 1 aliphatic carbocycles. The summed E-state index contributed by atoms with van der Waals surface area (Å²) in [6.07, 6.45) is -1.41. The van der Waals surface area contributed by atoms with Crippen LogP contribution in [0, 0.1) is 11.7 Å². The SMILES string of the molecule is CC(C)(C)c1nn(CC2CCC2)c(=NC(=O)c2cc(C(F)(F)F)ccc2F)s1. The van der Waals surface area contributed by atoms with Gasteiger partial charge in [-0.1, -0.05) is 38.5 Å². The molecule has 9 heteroatoms. The van der Waals surface area contributed by atoms with Crippen molar-refractivity contribution in [2.24, 2.45) is 10.9 Å². The van der Waals surface area contributed by atoms with Crippen molar-refractivity contribution in [3.63, 3.8) is 0 Å². The van der Waals surface area contributed by atoms with Crippen LogP contribution in [0.25, 0.3) is 0 Å². The monoisotopic (exact) mass is 415 g/mol. The molecule has 1 saturated carbocycles. The molecular formula is C19H21F4N3OS. The first kappa shape index (κ1) is 20.7. The van der Waals surface area contributed by atoms with Crippen LogP contribution >= 0.6 is 11.3 Å². The van der Waals surface area contributed by atoms with E-state index in [0.29, 0.717) is 30.7 Å². The van der Waals surface area contributed by atoms with Crippen molar-refractivity contribution in [1.82, 2.24) is 9.78 Å². The number of alkyl halides is 3. The van der Waals surface area contributed by atoms with Gasteiger partial charge in [0.2, 0.25) is 4.80 Å². The molecule has 2 aromatic rings. The third-order valence-electron chi connectivity index (χ3n) is 4.64. The smallest absolute Gasteiger partial charge is 0.267 e. The van der Waals surface area contributed by atoms with E-state index in [9.17, 15) is 22.4 Å². The van der Waals surface area contributed by atoms with E-state index < -0.39 is 29.0 Å². The van der Waals surface area contributed by atoms with Gasteiger partial charge in [0.1, 0.15) is 10.8 Å². The molecule has 1 amide bonds. The Labute approximate surface area is 163 Å². The summed E-state index contributed by atoms with van der Waals surface area (Å²) in [5.74, 6) is -1.64. The fraction of sp³-hybridized carbons (Fsp3) is 0.526. The lowest BCUT2D eigenvalue weighted by Crippen LogP contribution is -2.26. The summed E-state index contributed by atoms with van der Waals surface area (Å²) in [5, 5.41) is 5.30. The fourth-order valence-electron chi connectivity index (χ4n) is 2.75. The van der Waals surface area contributed by atoms with Gasteiger partial charge < -0.3 is 0 Å². The molecule has 1 aromatic heterocycles. The Bertz CT molecular complexity index is 949. The van der Waals surface area contributed by atoms with Crippen LogP contribution in [-0.2, 0) is 18.1 Å². The molecule has 1 fully saturated rings. The Hall–Kier alpha value is -2.03. The summed E-state index contributed by atoms with van der Waals surface area (Å²) < 4.78 is 54.3. The first-order chi connectivity index (χ1) is 12.9. The van der Waals surface area contributed by atoms with Crippen LogP contribution in [0.5, 0.6) is 0 Å². The van der Waals surface area contributed by atoms with Crippen LogP contribution in [0.2, 0.25) is 0 Å². The van der Waals surface area contributed by atoms with Crippen molar-refractivity contribution >= 4 is 17.2 Å². The first-order valence-electron chi connectivity index (χ1n) is 8.99. The molecular weight excluding hydrogens is 394 g/mol. The molecule has 0 saturated heterocycles. The lowest BCUT2D eigenvalue weighted by Gasteiger charge is -2.24. The molecule has 0 atom stereocenters. The number of rotatable bonds is 3. The van der Waals surface area contributed by atoms with E-state index in [-0.39, 0.29) is 10.2 Å². The maximum Gasteiger partial charge on any atom is 0.416 e. The number of benzene rings is 1. The summed E-state index contributed by atoms with van der Waals surface area (Å²) >= 11 is 1.20. The van der Waals surface area contributed by atoms with Gasteiger partial charge in [-0.05, 0) is 37.0 Å². The number of carbonyl (C=O) groups excluding carboxylic acids is 1. The van der Waals surface area contributed by atoms with Gasteiger partial charge in [0, 0.05) is 12.0 Å². The molecule has 1 aromatic carbocycles. The Morgan fingerprint density at radius 3 is 2.50 bits per heavy atom. The number of aromatic nitrogens is 2. The minimum absolute atomic E-state index is 0.274. The third-order valence-corrected chi connectivity index (χ3v) is 6.01. The quantitative estimate of drug-likeness (QED) is 0.667. The molecule has 0 aliphatic heterocycles. The van der Waals surface area contributed by atoms with E-state index in [0.717, 1.165) is 24.3 Å². The van der Waals surface area contributed by atoms with E-state index in [1.807, 2.05) is 20.8 Å². The Morgan fingerprint density at radius 2 is 1.96 bits per heavy atom. The maximum atomic E-state index is 14.0. The maximum absolute atomic E-state index is 14.0. The molecule has 1 heterocycles. The normalized spacial score (nSPS) is 16.3. The molecule has 0 bridgehead atoms. The lowest BCUT2D eigenvalue weighted by molar-refractivity contribution is -0.137. The predicted molar refractivity (Wildman–Crippen MR) is 97.4 cm³/mol. The highest BCUT2D eigenvalue weighted by atomic mass is 32.1. The van der Waals surface area contributed by atoms with Gasteiger partial charge in [-0.15, -0.1) is 0 Å². The lowest BCUT2D eigenvalue weighted by atomic mass is 9.85. The second-order valence-electron chi connectivity index (χ2n) is 8.03. The first-order valence-corrected chi connectivity index (χ1v) is 9.81. The van der Waals surface area contributed by atoms with E-state index in [1.54, 1.807) is 4.68 Å². The van der Waals surface area contributed by atoms with Gasteiger partial charge in [-0.25, -0.2) is 9.07 Å². The van der Waals surface area contributed by atoms with Crippen LogP contribution in [0.4, 0.5) is 17.6 Å². The number of hydrogen-bond donors (Lipinski definition) is 0. The molecule has 1 aliphatic rings. The van der Waals surface area contributed by atoms with Crippen LogP contribution < -0.4 is 4.80 Å². The Morgan fingerprint density at radius 1 is 1.29 bits per heavy atom. The van der Waals surface area contributed by atoms with Gasteiger partial charge in [0.15, 0.2) is 0 Å². The summed E-state index contributed by atoms with van der Waals surface area (Å²) in [4.78, 5) is 16.7. The number of hydrogen-bond acceptors (Lipinski definition) is 3. The van der Waals surface area contributed by atoms with Crippen LogP contribution in [0.3, 0.4) is 0 Å². The molecule has 3 rings (SSSR count). The molecule has 152 valence electrons. The molecule has 0 spiro atoms. The van der Waals surface area contributed by atoms with Gasteiger partial charge in [-0.3, -0.25) is 4.79 Å². The molecule has 0 N–H and O–H groups in total. The van der Waals surface area contributed by atoms with E-state index in [2.05, 4.69) is 10.1 Å². The van der Waals surface area contributed by atoms with Gasteiger partial charge in [0.25, 0.3) is 5.91 Å². The van der Waals surface area contributed by atoms with Gasteiger partial charge >= 0.3 is 6.18 Å². The highest BCUT2D eigenvalue weighted by molar-refractivity contribution is 7.09. The van der Waals surface area contributed by atoms with E-state index >= 15 is 0 Å². The number of halogens is 4. The minimum Gasteiger partial charge on any atom is -0.267 e. The summed E-state index contributed by atoms with van der Waals surface area (Å²) in [6, 6.07) is 1.75. The van der Waals surface area contributed by atoms with Crippen molar-refractivity contribution in [3.05, 3.63) is 45.0 Å². The molecule has 0 radical (unpaired) electrons. The van der Waals surface area contributed by atoms with Crippen molar-refractivity contribution in [3.8, 4) is 0 Å². The van der Waals surface area contributed by atoms with Crippen molar-refractivity contribution < 1.29 is 22.4 Å². The fourth-order valence-corrected chi connectivity index (χ4v) is 3.71. The zero-order valence-electron chi connectivity index (χ0n) is 15.8.